The van der Waals surface area contributed by atoms with Gasteiger partial charge in [-0.25, -0.2) is 0 Å². The molecule has 4 aromatic rings. The Balaban J connectivity index is 1.50. The van der Waals surface area contributed by atoms with Crippen LogP contribution in [0.4, 0.5) is 0 Å². The van der Waals surface area contributed by atoms with Crippen molar-refractivity contribution < 1.29 is 19.2 Å². The molecular weight excluding hydrogens is 490 g/mol. The second kappa shape index (κ2) is 9.21. The van der Waals surface area contributed by atoms with E-state index in [-0.39, 0.29) is 5.91 Å². The van der Waals surface area contributed by atoms with E-state index in [2.05, 4.69) is 5.43 Å². The van der Waals surface area contributed by atoms with Gasteiger partial charge in [-0.3, -0.25) is 24.6 Å². The van der Waals surface area contributed by atoms with E-state index in [0.29, 0.717) is 22.1 Å². The number of thiophene rings is 2. The number of fused-ring (bicyclic) bond motifs is 2. The fraction of sp³-hybridized carbons (Fsp3) is 0.167. The summed E-state index contributed by atoms with van der Waals surface area (Å²) in [5, 5.41) is 1.75. The van der Waals surface area contributed by atoms with E-state index in [0.717, 1.165) is 25.2 Å². The third-order valence-electron chi connectivity index (χ3n) is 5.42. The van der Waals surface area contributed by atoms with Gasteiger partial charge in [0.1, 0.15) is 0 Å². The summed E-state index contributed by atoms with van der Waals surface area (Å²) in [7, 11) is 0. The van der Waals surface area contributed by atoms with Crippen LogP contribution in [0.2, 0.25) is 0 Å². The highest BCUT2D eigenvalue weighted by Gasteiger charge is 2.37. The first-order chi connectivity index (χ1) is 16.4. The number of hydrogen-bond acceptors (Lipinski definition) is 7. The van der Waals surface area contributed by atoms with E-state index in [4.69, 9.17) is 0 Å². The molecule has 1 atom stereocenters. The van der Waals surface area contributed by atoms with Crippen LogP contribution < -0.4 is 5.43 Å². The van der Waals surface area contributed by atoms with Crippen molar-refractivity contribution in [3.63, 3.8) is 0 Å². The predicted molar refractivity (Wildman–Crippen MR) is 136 cm³/mol. The average Bonchev–Trinajstić information content (AvgIpc) is 3.58. The maximum absolute atomic E-state index is 13.5. The molecule has 2 aromatic heterocycles. The molecule has 3 heterocycles. The normalized spacial score (nSPS) is 15.6. The first kappa shape index (κ1) is 22.6. The number of benzene rings is 2. The van der Waals surface area contributed by atoms with Crippen LogP contribution in [0.5, 0.6) is 0 Å². The monoisotopic (exact) mass is 509 g/mol. The molecule has 2 aromatic carbocycles. The quantitative estimate of drug-likeness (QED) is 0.328. The zero-order chi connectivity index (χ0) is 23.8. The molecule has 7 nitrogen and oxygen atoms in total. The van der Waals surface area contributed by atoms with Gasteiger partial charge in [0.25, 0.3) is 17.7 Å². The molecule has 5 rings (SSSR count). The largest absolute Gasteiger partial charge is 0.321 e. The van der Waals surface area contributed by atoms with Crippen molar-refractivity contribution in [3.05, 3.63) is 70.4 Å². The zero-order valence-electron chi connectivity index (χ0n) is 18.0. The number of carbonyl (C=O) groups is 4. The van der Waals surface area contributed by atoms with Crippen molar-refractivity contribution in [2.75, 3.05) is 12.3 Å². The number of rotatable bonds is 3. The maximum Gasteiger partial charge on any atom is 0.289 e. The highest BCUT2D eigenvalue weighted by atomic mass is 32.2. The average molecular weight is 510 g/mol. The molecule has 4 amide bonds. The van der Waals surface area contributed by atoms with E-state index in [1.807, 2.05) is 48.5 Å². The lowest BCUT2D eigenvalue weighted by Gasteiger charge is -2.25. The van der Waals surface area contributed by atoms with Crippen molar-refractivity contribution in [1.82, 2.24) is 15.3 Å². The van der Waals surface area contributed by atoms with Gasteiger partial charge in [-0.2, -0.15) is 5.01 Å². The number of nitrogens with zero attached hydrogens (tertiary/aromatic N) is 2. The van der Waals surface area contributed by atoms with Gasteiger partial charge in [-0.05, 0) is 35.0 Å². The van der Waals surface area contributed by atoms with Crippen LogP contribution in [0.3, 0.4) is 0 Å². The second-order valence-corrected chi connectivity index (χ2v) is 11.0. The van der Waals surface area contributed by atoms with Gasteiger partial charge in [0.05, 0.1) is 9.75 Å². The van der Waals surface area contributed by atoms with Gasteiger partial charge in [0.15, 0.2) is 5.37 Å². The Labute approximate surface area is 207 Å². The topological polar surface area (TPSA) is 86.8 Å². The minimum Gasteiger partial charge on any atom is -0.321 e. The number of thioether (sulfide) groups is 1. The third-order valence-corrected chi connectivity index (χ3v) is 8.83. The summed E-state index contributed by atoms with van der Waals surface area (Å²) in [6.45, 7) is 1.83. The number of hydrogen-bond donors (Lipinski definition) is 1. The van der Waals surface area contributed by atoms with Crippen LogP contribution >= 0.6 is 34.4 Å². The summed E-state index contributed by atoms with van der Waals surface area (Å²) < 4.78 is 1.81. The van der Waals surface area contributed by atoms with Gasteiger partial charge >= 0.3 is 0 Å². The number of imide groups is 1. The van der Waals surface area contributed by atoms with Crippen LogP contribution in [-0.2, 0) is 9.59 Å². The van der Waals surface area contributed by atoms with Crippen LogP contribution in [0.15, 0.2) is 60.7 Å². The molecule has 1 unspecified atom stereocenters. The molecule has 1 aliphatic heterocycles. The van der Waals surface area contributed by atoms with Crippen molar-refractivity contribution in [2.45, 2.75) is 12.3 Å². The van der Waals surface area contributed by atoms with Crippen molar-refractivity contribution in [2.24, 2.45) is 0 Å². The highest BCUT2D eigenvalue weighted by molar-refractivity contribution is 8.00. The summed E-state index contributed by atoms with van der Waals surface area (Å²) in [5.74, 6) is -1.44. The molecule has 0 bridgehead atoms. The Morgan fingerprint density at radius 1 is 0.882 bits per heavy atom. The molecule has 1 aliphatic rings. The Hall–Kier alpha value is -3.21. The first-order valence-corrected chi connectivity index (χ1v) is 13.2. The lowest BCUT2D eigenvalue weighted by atomic mass is 10.2. The lowest BCUT2D eigenvalue weighted by molar-refractivity contribution is -0.136. The van der Waals surface area contributed by atoms with Gasteiger partial charge in [-0.15, -0.1) is 34.4 Å². The molecule has 0 saturated carbocycles. The standard InChI is InChI=1S/C24H19N3O4S3/c1-14(28)26-10-11-32-24(26)21(29)25-27(22(30)19-12-15-6-2-4-8-17(15)33-19)23(31)20-13-16-7-3-5-9-18(16)34-20/h2-9,12-13,24H,10-11H2,1H3,(H,25,29). The van der Waals surface area contributed by atoms with E-state index < -0.39 is 23.1 Å². The number of hydrazine groups is 1. The summed E-state index contributed by atoms with van der Waals surface area (Å²) in [4.78, 5) is 54.2. The molecule has 1 N–H and O–H groups in total. The van der Waals surface area contributed by atoms with Crippen LogP contribution in [0, 0.1) is 0 Å². The minimum atomic E-state index is -0.801. The SMILES string of the molecule is CC(=O)N1CCSC1C(=O)NN(C(=O)c1cc2ccccc2s1)C(=O)c1cc2ccccc2s1. The molecule has 172 valence electrons. The minimum absolute atomic E-state index is 0.233. The fourth-order valence-electron chi connectivity index (χ4n) is 3.76. The van der Waals surface area contributed by atoms with Crippen molar-refractivity contribution >= 4 is 78.2 Å². The summed E-state index contributed by atoms with van der Waals surface area (Å²) in [6.07, 6.45) is 0. The van der Waals surface area contributed by atoms with Gasteiger partial charge in [-0.1, -0.05) is 36.4 Å². The zero-order valence-corrected chi connectivity index (χ0v) is 20.5. The van der Waals surface area contributed by atoms with E-state index in [9.17, 15) is 19.2 Å². The summed E-state index contributed by atoms with van der Waals surface area (Å²) in [6, 6.07) is 18.5. The van der Waals surface area contributed by atoms with Crippen molar-refractivity contribution in [1.29, 1.82) is 0 Å². The molecule has 0 spiro atoms. The highest BCUT2D eigenvalue weighted by Crippen LogP contribution is 2.30. The van der Waals surface area contributed by atoms with Gasteiger partial charge in [0, 0.05) is 28.6 Å². The Bertz CT molecular complexity index is 1290. The van der Waals surface area contributed by atoms with Gasteiger partial charge < -0.3 is 4.90 Å². The third kappa shape index (κ3) is 4.20. The smallest absolute Gasteiger partial charge is 0.289 e. The fourth-order valence-corrected chi connectivity index (χ4v) is 6.91. The molecule has 34 heavy (non-hydrogen) atoms. The van der Waals surface area contributed by atoms with Crippen LogP contribution in [0.25, 0.3) is 20.2 Å². The Morgan fingerprint density at radius 2 is 1.41 bits per heavy atom. The Kier molecular flexibility index (Phi) is 6.11. The molecule has 10 heteroatoms. The second-order valence-electron chi connectivity index (χ2n) is 7.65. The van der Waals surface area contributed by atoms with E-state index >= 15 is 0 Å². The molecule has 0 aliphatic carbocycles. The summed E-state index contributed by atoms with van der Waals surface area (Å²) in [5.41, 5.74) is 2.52. The number of nitrogens with one attached hydrogen (secondary N) is 1. The number of amides is 4. The van der Waals surface area contributed by atoms with Crippen LogP contribution in [-0.4, -0.2) is 51.2 Å². The molecule has 1 saturated heterocycles. The molecular formula is C24H19N3O4S3. The molecule has 1 fully saturated rings. The van der Waals surface area contributed by atoms with Gasteiger partial charge in [0.2, 0.25) is 5.91 Å². The first-order valence-electron chi connectivity index (χ1n) is 10.5. The summed E-state index contributed by atoms with van der Waals surface area (Å²) >= 11 is 3.81. The number of carbonyl (C=O) groups excluding carboxylic acids is 4. The maximum atomic E-state index is 13.5. The predicted octanol–water partition coefficient (Wildman–Crippen LogP) is 4.35. The Morgan fingerprint density at radius 3 is 1.91 bits per heavy atom. The van der Waals surface area contributed by atoms with Crippen molar-refractivity contribution in [3.8, 4) is 0 Å². The molecule has 0 radical (unpaired) electrons. The van der Waals surface area contributed by atoms with E-state index in [1.54, 1.807) is 12.1 Å². The lowest BCUT2D eigenvalue weighted by Crippen LogP contribution is -2.54. The van der Waals surface area contributed by atoms with E-state index in [1.165, 1.54) is 46.3 Å². The van der Waals surface area contributed by atoms with Crippen LogP contribution in [0.1, 0.15) is 26.3 Å².